The molecule has 1 aliphatic heterocycles. The van der Waals surface area contributed by atoms with Crippen LogP contribution in [-0.2, 0) is 4.79 Å². The molecule has 4 aromatic rings. The van der Waals surface area contributed by atoms with E-state index in [0.29, 0.717) is 26.9 Å². The van der Waals surface area contributed by atoms with Gasteiger partial charge in [-0.25, -0.2) is 9.79 Å². The number of amides is 1. The highest BCUT2D eigenvalue weighted by Gasteiger charge is 2.24. The van der Waals surface area contributed by atoms with Crippen molar-refractivity contribution in [2.45, 2.75) is 6.92 Å². The molecule has 5 nitrogen and oxygen atoms in total. The molecule has 0 atom stereocenters. The molecule has 1 saturated heterocycles. The van der Waals surface area contributed by atoms with Gasteiger partial charge in [0.2, 0.25) is 0 Å². The standard InChI is InChI=1S/C28H20N2O3S/c1-18-13-15-21(16-14-18)29-28-30-26(31)25(34-28)17-20-8-3-5-12-24(20)33-27(32)23-11-6-9-19-7-2-4-10-22(19)23/h2-17H,1H3,(H,29,30,31)/b25-17-. The smallest absolute Gasteiger partial charge is 0.344 e. The van der Waals surface area contributed by atoms with Crippen molar-refractivity contribution in [2.24, 2.45) is 4.99 Å². The summed E-state index contributed by atoms with van der Waals surface area (Å²) in [6.45, 7) is 2.01. The number of hydrogen-bond acceptors (Lipinski definition) is 5. The van der Waals surface area contributed by atoms with Crippen molar-refractivity contribution in [1.29, 1.82) is 0 Å². The molecule has 1 amide bonds. The summed E-state index contributed by atoms with van der Waals surface area (Å²) < 4.78 is 5.76. The summed E-state index contributed by atoms with van der Waals surface area (Å²) in [7, 11) is 0. The van der Waals surface area contributed by atoms with Gasteiger partial charge in [-0.05, 0) is 59.8 Å². The molecule has 166 valence electrons. The number of hydrogen-bond donors (Lipinski definition) is 1. The van der Waals surface area contributed by atoms with E-state index in [4.69, 9.17) is 4.74 Å². The Labute approximate surface area is 201 Å². The fourth-order valence-corrected chi connectivity index (χ4v) is 4.44. The second kappa shape index (κ2) is 9.37. The van der Waals surface area contributed by atoms with E-state index in [0.717, 1.165) is 22.0 Å². The molecule has 0 aromatic heterocycles. The van der Waals surface area contributed by atoms with Gasteiger partial charge < -0.3 is 10.1 Å². The zero-order valence-corrected chi connectivity index (χ0v) is 19.1. The number of ether oxygens (including phenoxy) is 1. The van der Waals surface area contributed by atoms with Gasteiger partial charge in [0.1, 0.15) is 5.75 Å². The van der Waals surface area contributed by atoms with Crippen molar-refractivity contribution in [2.75, 3.05) is 0 Å². The van der Waals surface area contributed by atoms with E-state index >= 15 is 0 Å². The maximum atomic E-state index is 13.0. The van der Waals surface area contributed by atoms with Gasteiger partial charge >= 0.3 is 5.97 Å². The number of thioether (sulfide) groups is 1. The summed E-state index contributed by atoms with van der Waals surface area (Å²) in [6, 6.07) is 28.1. The first-order valence-electron chi connectivity index (χ1n) is 10.7. The lowest BCUT2D eigenvalue weighted by Gasteiger charge is -2.09. The third-order valence-corrected chi connectivity index (χ3v) is 6.24. The molecule has 6 heteroatoms. The molecule has 1 N–H and O–H groups in total. The molecule has 1 fully saturated rings. The Morgan fingerprint density at radius 1 is 0.912 bits per heavy atom. The predicted molar refractivity (Wildman–Crippen MR) is 137 cm³/mol. The van der Waals surface area contributed by atoms with Gasteiger partial charge in [0.25, 0.3) is 5.91 Å². The normalized spacial score (nSPS) is 15.6. The summed E-state index contributed by atoms with van der Waals surface area (Å²) in [5.74, 6) is -0.316. The fourth-order valence-electron chi connectivity index (χ4n) is 3.61. The molecule has 4 aromatic carbocycles. The third-order valence-electron chi connectivity index (χ3n) is 5.33. The molecule has 1 heterocycles. The summed E-state index contributed by atoms with van der Waals surface area (Å²) >= 11 is 1.25. The van der Waals surface area contributed by atoms with Crippen LogP contribution < -0.4 is 10.1 Å². The number of carbonyl (C=O) groups excluding carboxylic acids is 2. The highest BCUT2D eigenvalue weighted by Crippen LogP contribution is 2.31. The first-order chi connectivity index (χ1) is 16.6. The van der Waals surface area contributed by atoms with Gasteiger partial charge in [-0.3, -0.25) is 4.79 Å². The van der Waals surface area contributed by atoms with Crippen LogP contribution in [0, 0.1) is 6.92 Å². The second-order valence-electron chi connectivity index (χ2n) is 7.77. The second-order valence-corrected chi connectivity index (χ2v) is 8.80. The van der Waals surface area contributed by atoms with E-state index in [1.165, 1.54) is 11.8 Å². The van der Waals surface area contributed by atoms with Crippen LogP contribution in [0.1, 0.15) is 21.5 Å². The monoisotopic (exact) mass is 464 g/mol. The number of para-hydroxylation sites is 1. The maximum Gasteiger partial charge on any atom is 0.344 e. The summed E-state index contributed by atoms with van der Waals surface area (Å²) in [6.07, 6.45) is 1.71. The van der Waals surface area contributed by atoms with E-state index < -0.39 is 5.97 Å². The predicted octanol–water partition coefficient (Wildman–Crippen LogP) is 6.26. The highest BCUT2D eigenvalue weighted by atomic mass is 32.2. The lowest BCUT2D eigenvalue weighted by atomic mass is 10.0. The van der Waals surface area contributed by atoms with E-state index in [1.807, 2.05) is 79.7 Å². The number of nitrogens with zero attached hydrogens (tertiary/aromatic N) is 1. The minimum Gasteiger partial charge on any atom is -0.422 e. The molecule has 0 aliphatic carbocycles. The number of aryl methyl sites for hydroxylation is 1. The van der Waals surface area contributed by atoms with Crippen molar-refractivity contribution in [3.05, 3.63) is 113 Å². The molecular weight excluding hydrogens is 444 g/mol. The number of benzene rings is 4. The minimum atomic E-state index is -0.451. The Morgan fingerprint density at radius 2 is 1.65 bits per heavy atom. The average Bonchev–Trinajstić information content (AvgIpc) is 3.19. The lowest BCUT2D eigenvalue weighted by molar-refractivity contribution is -0.115. The van der Waals surface area contributed by atoms with E-state index in [9.17, 15) is 9.59 Å². The summed E-state index contributed by atoms with van der Waals surface area (Å²) in [5, 5.41) is 5.09. The Bertz CT molecular complexity index is 1470. The molecule has 1 aliphatic rings. The van der Waals surface area contributed by atoms with Gasteiger partial charge in [-0.1, -0.05) is 72.3 Å². The van der Waals surface area contributed by atoms with Crippen LogP contribution in [0.4, 0.5) is 5.69 Å². The summed E-state index contributed by atoms with van der Waals surface area (Å²) in [5.41, 5.74) is 3.02. The summed E-state index contributed by atoms with van der Waals surface area (Å²) in [4.78, 5) is 30.5. The number of fused-ring (bicyclic) bond motifs is 1. The Kier molecular flexibility index (Phi) is 5.97. The van der Waals surface area contributed by atoms with E-state index in [-0.39, 0.29) is 5.91 Å². The van der Waals surface area contributed by atoms with Crippen LogP contribution in [0.5, 0.6) is 5.75 Å². The molecule has 0 saturated carbocycles. The molecule has 0 bridgehead atoms. The van der Waals surface area contributed by atoms with Crippen LogP contribution in [0.25, 0.3) is 16.8 Å². The highest BCUT2D eigenvalue weighted by molar-refractivity contribution is 8.18. The molecule has 0 radical (unpaired) electrons. The Balaban J connectivity index is 1.40. The van der Waals surface area contributed by atoms with Crippen LogP contribution in [0.3, 0.4) is 0 Å². The minimum absolute atomic E-state index is 0.244. The van der Waals surface area contributed by atoms with Crippen molar-refractivity contribution in [1.82, 2.24) is 5.32 Å². The SMILES string of the molecule is Cc1ccc(N=C2NC(=O)/C(=C/c3ccccc3OC(=O)c3cccc4ccccc34)S2)cc1. The number of nitrogens with one attached hydrogen (secondary N) is 1. The third kappa shape index (κ3) is 4.63. The topological polar surface area (TPSA) is 67.8 Å². The number of carbonyl (C=O) groups is 2. The molecular formula is C28H20N2O3S. The van der Waals surface area contributed by atoms with Gasteiger partial charge in [-0.15, -0.1) is 0 Å². The van der Waals surface area contributed by atoms with Crippen LogP contribution >= 0.6 is 11.8 Å². The average molecular weight is 465 g/mol. The van der Waals surface area contributed by atoms with E-state index in [2.05, 4.69) is 10.3 Å². The maximum absolute atomic E-state index is 13.0. The first-order valence-corrected chi connectivity index (χ1v) is 11.5. The van der Waals surface area contributed by atoms with Crippen molar-refractivity contribution in [3.63, 3.8) is 0 Å². The van der Waals surface area contributed by atoms with Gasteiger partial charge in [-0.2, -0.15) is 0 Å². The first kappa shape index (κ1) is 21.7. The zero-order chi connectivity index (χ0) is 23.5. The molecule has 0 unspecified atom stereocenters. The van der Waals surface area contributed by atoms with Crippen LogP contribution in [-0.4, -0.2) is 17.0 Å². The zero-order valence-electron chi connectivity index (χ0n) is 18.3. The van der Waals surface area contributed by atoms with Crippen molar-refractivity contribution < 1.29 is 14.3 Å². The van der Waals surface area contributed by atoms with E-state index in [1.54, 1.807) is 24.3 Å². The quantitative estimate of drug-likeness (QED) is 0.220. The Morgan fingerprint density at radius 3 is 2.50 bits per heavy atom. The van der Waals surface area contributed by atoms with Gasteiger partial charge in [0, 0.05) is 5.56 Å². The number of aliphatic imine (C=N–C) groups is 1. The van der Waals surface area contributed by atoms with Crippen molar-refractivity contribution in [3.8, 4) is 5.75 Å². The number of rotatable bonds is 4. The lowest BCUT2D eigenvalue weighted by Crippen LogP contribution is -2.19. The number of esters is 1. The molecule has 34 heavy (non-hydrogen) atoms. The molecule has 0 spiro atoms. The van der Waals surface area contributed by atoms with Crippen LogP contribution in [0.15, 0.2) is 101 Å². The number of amidine groups is 1. The fraction of sp³-hybridized carbons (Fsp3) is 0.0357. The largest absolute Gasteiger partial charge is 0.422 e. The van der Waals surface area contributed by atoms with Crippen LogP contribution in [0.2, 0.25) is 0 Å². The van der Waals surface area contributed by atoms with Gasteiger partial charge in [0.05, 0.1) is 16.2 Å². The molecule has 5 rings (SSSR count). The van der Waals surface area contributed by atoms with Gasteiger partial charge in [0.15, 0.2) is 5.17 Å². The Hall–Kier alpha value is -4.16. The van der Waals surface area contributed by atoms with Crippen molar-refractivity contribution >= 4 is 51.3 Å².